The molecule has 0 aliphatic carbocycles. The second kappa shape index (κ2) is 35.1. The van der Waals surface area contributed by atoms with Gasteiger partial charge < -0.3 is 24.6 Å². The summed E-state index contributed by atoms with van der Waals surface area (Å²) in [6, 6.07) is 7.38. The van der Waals surface area contributed by atoms with Crippen LogP contribution in [0.3, 0.4) is 0 Å². The van der Waals surface area contributed by atoms with Crippen molar-refractivity contribution in [1.29, 1.82) is 0 Å². The predicted molar refractivity (Wildman–Crippen MR) is 238 cm³/mol. The van der Waals surface area contributed by atoms with Gasteiger partial charge in [0, 0.05) is 19.5 Å². The van der Waals surface area contributed by atoms with Crippen molar-refractivity contribution in [3.8, 4) is 5.75 Å². The second-order valence-electron chi connectivity index (χ2n) is 16.5. The SMILES string of the molecule is CCCC/C=C\CCCCCCCCCC(C(=O)NCCc1ccc(OC)cc1)N(CCCN1CCCC1)C(=O)CCC(=O)OCCCCCCCCCCCC. The summed E-state index contributed by atoms with van der Waals surface area (Å²) in [5, 5.41) is 3.18. The first-order valence-corrected chi connectivity index (χ1v) is 23.7. The molecule has 1 N–H and O–H groups in total. The van der Waals surface area contributed by atoms with Gasteiger partial charge in [0.05, 0.1) is 20.1 Å². The number of likely N-dealkylation sites (tertiary alicyclic amines) is 1. The van der Waals surface area contributed by atoms with Crippen LogP contribution in [-0.2, 0) is 25.5 Å². The Bertz CT molecular complexity index is 1170. The molecule has 0 spiro atoms. The van der Waals surface area contributed by atoms with Gasteiger partial charge in [0.15, 0.2) is 0 Å². The Kier molecular flexibility index (Phi) is 31.0. The summed E-state index contributed by atoms with van der Waals surface area (Å²) >= 11 is 0. The van der Waals surface area contributed by atoms with Gasteiger partial charge in [-0.05, 0) is 95.1 Å². The minimum Gasteiger partial charge on any atom is -0.497 e. The molecule has 1 unspecified atom stereocenters. The van der Waals surface area contributed by atoms with Crippen molar-refractivity contribution < 1.29 is 23.9 Å². The van der Waals surface area contributed by atoms with Crippen molar-refractivity contribution >= 4 is 17.8 Å². The van der Waals surface area contributed by atoms with Gasteiger partial charge in [0.1, 0.15) is 11.8 Å². The summed E-state index contributed by atoms with van der Waals surface area (Å²) in [7, 11) is 1.66. The highest BCUT2D eigenvalue weighted by Gasteiger charge is 2.29. The molecule has 0 aromatic heterocycles. The number of nitrogens with one attached hydrogen (secondary N) is 1. The van der Waals surface area contributed by atoms with E-state index in [-0.39, 0.29) is 30.6 Å². The molecule has 1 aromatic rings. The molecule has 8 heteroatoms. The number of ether oxygens (including phenoxy) is 2. The van der Waals surface area contributed by atoms with Crippen LogP contribution in [0, 0.1) is 0 Å². The van der Waals surface area contributed by atoms with Crippen LogP contribution in [-0.4, -0.2) is 80.1 Å². The van der Waals surface area contributed by atoms with Crippen molar-refractivity contribution in [2.24, 2.45) is 0 Å². The van der Waals surface area contributed by atoms with E-state index < -0.39 is 6.04 Å². The van der Waals surface area contributed by atoms with Gasteiger partial charge in [-0.1, -0.05) is 147 Å². The van der Waals surface area contributed by atoms with Gasteiger partial charge in [0.25, 0.3) is 0 Å². The van der Waals surface area contributed by atoms with E-state index in [0.717, 1.165) is 69.5 Å². The monoisotopic (exact) mass is 796 g/mol. The average Bonchev–Trinajstić information content (AvgIpc) is 3.75. The summed E-state index contributed by atoms with van der Waals surface area (Å²) in [5.74, 6) is 0.285. The van der Waals surface area contributed by atoms with Crippen LogP contribution in [0.1, 0.15) is 193 Å². The summed E-state index contributed by atoms with van der Waals surface area (Å²) < 4.78 is 10.9. The minimum atomic E-state index is -0.547. The summed E-state index contributed by atoms with van der Waals surface area (Å²) in [5.41, 5.74) is 1.12. The maximum absolute atomic E-state index is 14.0. The molecule has 1 aliphatic heterocycles. The number of carbonyl (C=O) groups is 3. The second-order valence-corrected chi connectivity index (χ2v) is 16.5. The Morgan fingerprint density at radius 1 is 0.719 bits per heavy atom. The number of amides is 2. The largest absolute Gasteiger partial charge is 0.497 e. The lowest BCUT2D eigenvalue weighted by Gasteiger charge is -2.32. The van der Waals surface area contributed by atoms with Crippen LogP contribution in [0.4, 0.5) is 0 Å². The highest BCUT2D eigenvalue weighted by atomic mass is 16.5. The highest BCUT2D eigenvalue weighted by molar-refractivity contribution is 5.88. The van der Waals surface area contributed by atoms with Crippen LogP contribution < -0.4 is 10.1 Å². The van der Waals surface area contributed by atoms with E-state index in [0.29, 0.717) is 32.5 Å². The molecular formula is C49H85N3O5. The van der Waals surface area contributed by atoms with Gasteiger partial charge >= 0.3 is 5.97 Å². The van der Waals surface area contributed by atoms with E-state index in [1.54, 1.807) is 7.11 Å². The van der Waals surface area contributed by atoms with Crippen LogP contribution in [0.2, 0.25) is 0 Å². The fourth-order valence-corrected chi connectivity index (χ4v) is 7.84. The normalized spacial score (nSPS) is 13.6. The fourth-order valence-electron chi connectivity index (χ4n) is 7.84. The maximum Gasteiger partial charge on any atom is 0.306 e. The molecule has 326 valence electrons. The van der Waals surface area contributed by atoms with Crippen LogP contribution in [0.25, 0.3) is 0 Å². The predicted octanol–water partition coefficient (Wildman–Crippen LogP) is 11.5. The number of hydrogen-bond donors (Lipinski definition) is 1. The van der Waals surface area contributed by atoms with Crippen LogP contribution >= 0.6 is 0 Å². The molecule has 1 aromatic carbocycles. The number of allylic oxidation sites excluding steroid dienone is 2. The Balaban J connectivity index is 1.92. The number of rotatable bonds is 37. The molecule has 1 fully saturated rings. The third-order valence-corrected chi connectivity index (χ3v) is 11.5. The quantitative estimate of drug-likeness (QED) is 0.0410. The van der Waals surface area contributed by atoms with E-state index in [2.05, 4.69) is 36.2 Å². The van der Waals surface area contributed by atoms with Gasteiger partial charge in [-0.15, -0.1) is 0 Å². The summed E-state index contributed by atoms with van der Waals surface area (Å²) in [4.78, 5) is 45.0. The molecule has 0 radical (unpaired) electrons. The molecule has 2 amide bonds. The van der Waals surface area contributed by atoms with E-state index >= 15 is 0 Å². The summed E-state index contributed by atoms with van der Waals surface area (Å²) in [6.07, 6.45) is 34.7. The van der Waals surface area contributed by atoms with Crippen molar-refractivity contribution in [1.82, 2.24) is 15.1 Å². The zero-order valence-corrected chi connectivity index (χ0v) is 37.0. The van der Waals surface area contributed by atoms with Crippen molar-refractivity contribution in [3.63, 3.8) is 0 Å². The fraction of sp³-hybridized carbons (Fsp3) is 0.776. The first-order chi connectivity index (χ1) is 28.0. The Labute approximate surface area is 349 Å². The van der Waals surface area contributed by atoms with Crippen molar-refractivity contribution in [2.75, 3.05) is 46.4 Å². The van der Waals surface area contributed by atoms with Crippen LogP contribution in [0.15, 0.2) is 36.4 Å². The average molecular weight is 796 g/mol. The molecule has 0 bridgehead atoms. The maximum atomic E-state index is 14.0. The first kappa shape index (κ1) is 50.3. The van der Waals surface area contributed by atoms with Gasteiger partial charge in [0.2, 0.25) is 11.8 Å². The van der Waals surface area contributed by atoms with Crippen LogP contribution in [0.5, 0.6) is 5.75 Å². The molecular weight excluding hydrogens is 711 g/mol. The van der Waals surface area contributed by atoms with E-state index in [1.807, 2.05) is 29.2 Å². The third-order valence-electron chi connectivity index (χ3n) is 11.5. The lowest BCUT2D eigenvalue weighted by atomic mass is 10.0. The van der Waals surface area contributed by atoms with Gasteiger partial charge in [-0.25, -0.2) is 0 Å². The number of hydrogen-bond acceptors (Lipinski definition) is 6. The Morgan fingerprint density at radius 3 is 1.93 bits per heavy atom. The zero-order chi connectivity index (χ0) is 41.0. The first-order valence-electron chi connectivity index (χ1n) is 23.7. The Hall–Kier alpha value is -2.87. The number of methoxy groups -OCH3 is 1. The Morgan fingerprint density at radius 2 is 1.30 bits per heavy atom. The van der Waals surface area contributed by atoms with Gasteiger partial charge in [-0.3, -0.25) is 14.4 Å². The number of nitrogens with zero attached hydrogens (tertiary/aromatic N) is 2. The molecule has 1 atom stereocenters. The molecule has 8 nitrogen and oxygen atoms in total. The lowest BCUT2D eigenvalue weighted by Crippen LogP contribution is -2.50. The molecule has 0 saturated carbocycles. The smallest absolute Gasteiger partial charge is 0.306 e. The lowest BCUT2D eigenvalue weighted by molar-refractivity contribution is -0.147. The zero-order valence-electron chi connectivity index (χ0n) is 37.0. The molecule has 2 rings (SSSR count). The number of benzene rings is 1. The molecule has 1 aliphatic rings. The molecule has 1 heterocycles. The van der Waals surface area contributed by atoms with E-state index in [9.17, 15) is 14.4 Å². The molecule has 57 heavy (non-hydrogen) atoms. The standard InChI is InChI=1S/C49H85N3O5/c1-4-6-8-10-12-14-16-17-18-19-21-23-25-30-46(49(55)50-38-37-44-31-33-45(56-3)34-32-44)52(42-29-41-51-39-26-27-40-51)47(53)35-36-48(54)57-43-28-24-22-20-15-13-11-9-7-5-2/h10,12,31-34,46H,4-9,11,13-30,35-43H2,1-3H3,(H,50,55)/b12-10-. The van der Waals surface area contributed by atoms with E-state index in [4.69, 9.17) is 9.47 Å². The van der Waals surface area contributed by atoms with Crippen molar-refractivity contribution in [3.05, 3.63) is 42.0 Å². The molecule has 1 saturated heterocycles. The minimum absolute atomic E-state index is 0.0551. The highest BCUT2D eigenvalue weighted by Crippen LogP contribution is 2.18. The number of carbonyl (C=O) groups excluding carboxylic acids is 3. The number of unbranched alkanes of at least 4 members (excludes halogenated alkanes) is 18. The van der Waals surface area contributed by atoms with Gasteiger partial charge in [-0.2, -0.15) is 0 Å². The topological polar surface area (TPSA) is 88.2 Å². The third kappa shape index (κ3) is 26.0. The number of esters is 1. The van der Waals surface area contributed by atoms with Crippen molar-refractivity contribution in [2.45, 2.75) is 200 Å². The summed E-state index contributed by atoms with van der Waals surface area (Å²) in [6.45, 7) is 9.04. The van der Waals surface area contributed by atoms with E-state index in [1.165, 1.54) is 116 Å².